The first-order valence-corrected chi connectivity index (χ1v) is 14.3. The molecule has 0 aliphatic rings. The van der Waals surface area contributed by atoms with E-state index in [4.69, 9.17) is 4.74 Å². The van der Waals surface area contributed by atoms with Crippen molar-refractivity contribution in [2.24, 2.45) is 0 Å². The predicted molar refractivity (Wildman–Crippen MR) is 149 cm³/mol. The summed E-state index contributed by atoms with van der Waals surface area (Å²) in [5.74, 6) is 0.0559. The zero-order valence-corrected chi connectivity index (χ0v) is 22.9. The van der Waals surface area contributed by atoms with Crippen molar-refractivity contribution in [1.82, 2.24) is 10.2 Å². The number of likely N-dealkylation sites (N-methyl/N-ethyl adjacent to an activating group) is 1. The van der Waals surface area contributed by atoms with E-state index in [-0.39, 0.29) is 37.7 Å². The first kappa shape index (κ1) is 28.7. The smallest absolute Gasteiger partial charge is 0.242 e. The van der Waals surface area contributed by atoms with Crippen LogP contribution in [0.5, 0.6) is 5.75 Å². The number of amides is 2. The topological polar surface area (TPSA) is 96.0 Å². The molecule has 0 unspecified atom stereocenters. The average molecular weight is 538 g/mol. The Bertz CT molecular complexity index is 1300. The lowest BCUT2D eigenvalue weighted by Crippen LogP contribution is -2.49. The van der Waals surface area contributed by atoms with Crippen molar-refractivity contribution in [2.75, 3.05) is 31.3 Å². The van der Waals surface area contributed by atoms with E-state index in [0.29, 0.717) is 17.9 Å². The molecule has 9 heteroatoms. The van der Waals surface area contributed by atoms with Crippen molar-refractivity contribution in [3.05, 3.63) is 96.1 Å². The number of hydrogen-bond donors (Lipinski definition) is 1. The van der Waals surface area contributed by atoms with Gasteiger partial charge < -0.3 is 15.0 Å². The van der Waals surface area contributed by atoms with E-state index in [9.17, 15) is 18.0 Å². The van der Waals surface area contributed by atoms with Gasteiger partial charge in [-0.05, 0) is 29.7 Å². The minimum absolute atomic E-state index is 0.0745. The zero-order chi connectivity index (χ0) is 27.5. The summed E-state index contributed by atoms with van der Waals surface area (Å²) in [6.45, 7) is 0.372. The molecule has 3 rings (SSSR count). The van der Waals surface area contributed by atoms with Gasteiger partial charge >= 0.3 is 0 Å². The molecule has 0 aromatic heterocycles. The van der Waals surface area contributed by atoms with E-state index in [1.54, 1.807) is 36.2 Å². The molecule has 2 amide bonds. The molecule has 0 saturated carbocycles. The number of nitrogens with one attached hydrogen (secondary N) is 1. The molecule has 0 aliphatic heterocycles. The van der Waals surface area contributed by atoms with Crippen molar-refractivity contribution < 1.29 is 22.7 Å². The number of sulfonamides is 1. The molecule has 0 heterocycles. The lowest BCUT2D eigenvalue weighted by Gasteiger charge is -2.31. The highest BCUT2D eigenvalue weighted by molar-refractivity contribution is 7.92. The highest BCUT2D eigenvalue weighted by Crippen LogP contribution is 2.24. The van der Waals surface area contributed by atoms with Gasteiger partial charge in [-0.3, -0.25) is 13.9 Å². The van der Waals surface area contributed by atoms with Gasteiger partial charge in [0.05, 0.1) is 19.1 Å². The van der Waals surface area contributed by atoms with E-state index >= 15 is 0 Å². The number of nitrogens with zero attached hydrogens (tertiary/aromatic N) is 2. The highest BCUT2D eigenvalue weighted by atomic mass is 32.2. The molecule has 0 saturated heterocycles. The maximum Gasteiger partial charge on any atom is 0.242 e. The van der Waals surface area contributed by atoms with Crippen molar-refractivity contribution in [2.45, 2.75) is 31.8 Å². The van der Waals surface area contributed by atoms with Crippen LogP contribution in [0.2, 0.25) is 0 Å². The largest absolute Gasteiger partial charge is 0.497 e. The predicted octanol–water partition coefficient (Wildman–Crippen LogP) is 3.63. The van der Waals surface area contributed by atoms with E-state index in [2.05, 4.69) is 5.32 Å². The summed E-state index contributed by atoms with van der Waals surface area (Å²) < 4.78 is 31.6. The number of hydrogen-bond acceptors (Lipinski definition) is 5. The van der Waals surface area contributed by atoms with Gasteiger partial charge in [-0.1, -0.05) is 66.7 Å². The van der Waals surface area contributed by atoms with E-state index in [1.807, 2.05) is 60.7 Å². The molecular formula is C29H35N3O5S. The van der Waals surface area contributed by atoms with Crippen LogP contribution in [0.4, 0.5) is 5.69 Å². The molecule has 3 aromatic rings. The van der Waals surface area contributed by atoms with Crippen LogP contribution in [-0.2, 0) is 32.6 Å². The Morgan fingerprint density at radius 3 is 2.13 bits per heavy atom. The van der Waals surface area contributed by atoms with Crippen LogP contribution in [0.3, 0.4) is 0 Å². The molecule has 0 bridgehead atoms. The van der Waals surface area contributed by atoms with Crippen LogP contribution in [0.25, 0.3) is 0 Å². The molecule has 3 aromatic carbocycles. The summed E-state index contributed by atoms with van der Waals surface area (Å²) in [6.07, 6.45) is 1.85. The lowest BCUT2D eigenvalue weighted by atomic mass is 10.0. The van der Waals surface area contributed by atoms with Crippen molar-refractivity contribution in [3.63, 3.8) is 0 Å². The fourth-order valence-electron chi connectivity index (χ4n) is 4.27. The standard InChI is InChI=1S/C29H35N3O5S/c1-30-29(34)27(20-23-12-6-4-7-13-23)31(22-24-14-8-5-9-15-24)28(33)18-11-19-32(38(3,35)36)25-16-10-17-26(21-25)37-2/h4-10,12-17,21,27H,11,18-20,22H2,1-3H3,(H,30,34)/t27-/m1/s1. The number of benzene rings is 3. The second-order valence-corrected chi connectivity index (χ2v) is 10.9. The quantitative estimate of drug-likeness (QED) is 0.359. The SMILES string of the molecule is CNC(=O)[C@@H](Cc1ccccc1)N(Cc1ccccc1)C(=O)CCCN(c1cccc(OC)c1)S(C)(=O)=O. The molecular weight excluding hydrogens is 502 g/mol. The summed E-state index contributed by atoms with van der Waals surface area (Å²) in [4.78, 5) is 28.2. The summed E-state index contributed by atoms with van der Waals surface area (Å²) in [5.41, 5.74) is 2.30. The molecule has 8 nitrogen and oxygen atoms in total. The van der Waals surface area contributed by atoms with Crippen LogP contribution in [0, 0.1) is 0 Å². The van der Waals surface area contributed by atoms with Crippen LogP contribution in [0.1, 0.15) is 24.0 Å². The molecule has 0 aliphatic carbocycles. The van der Waals surface area contributed by atoms with Gasteiger partial charge in [-0.15, -0.1) is 0 Å². The van der Waals surface area contributed by atoms with Crippen molar-refractivity contribution in [3.8, 4) is 5.75 Å². The summed E-state index contributed by atoms with van der Waals surface area (Å²) in [6, 6.07) is 25.1. The Morgan fingerprint density at radius 2 is 1.55 bits per heavy atom. The number of anilines is 1. The number of carbonyl (C=O) groups is 2. The second kappa shape index (κ2) is 13.6. The molecule has 202 valence electrons. The highest BCUT2D eigenvalue weighted by Gasteiger charge is 2.30. The molecule has 0 spiro atoms. The minimum atomic E-state index is -3.60. The van der Waals surface area contributed by atoms with E-state index in [1.165, 1.54) is 11.4 Å². The average Bonchev–Trinajstić information content (AvgIpc) is 2.93. The Balaban J connectivity index is 1.82. The Kier molecular flexibility index (Phi) is 10.3. The Morgan fingerprint density at radius 1 is 0.921 bits per heavy atom. The summed E-state index contributed by atoms with van der Waals surface area (Å²) in [5, 5.41) is 2.70. The lowest BCUT2D eigenvalue weighted by molar-refractivity contribution is -0.141. The minimum Gasteiger partial charge on any atom is -0.497 e. The summed E-state index contributed by atoms with van der Waals surface area (Å²) in [7, 11) is -0.520. The van der Waals surface area contributed by atoms with E-state index in [0.717, 1.165) is 17.4 Å². The van der Waals surface area contributed by atoms with Gasteiger partial charge in [0, 0.05) is 39.0 Å². The monoisotopic (exact) mass is 537 g/mol. The van der Waals surface area contributed by atoms with Crippen LogP contribution in [-0.4, -0.2) is 58.1 Å². The zero-order valence-electron chi connectivity index (χ0n) is 22.0. The Hall–Kier alpha value is -3.85. The van der Waals surface area contributed by atoms with Crippen molar-refractivity contribution in [1.29, 1.82) is 0 Å². The van der Waals surface area contributed by atoms with E-state index < -0.39 is 16.1 Å². The Labute approximate surface area is 225 Å². The van der Waals surface area contributed by atoms with Gasteiger partial charge in [-0.25, -0.2) is 8.42 Å². The third-order valence-electron chi connectivity index (χ3n) is 6.21. The first-order chi connectivity index (χ1) is 18.2. The molecule has 38 heavy (non-hydrogen) atoms. The van der Waals surface area contributed by atoms with Crippen LogP contribution < -0.4 is 14.4 Å². The normalized spacial score (nSPS) is 11.9. The van der Waals surface area contributed by atoms with Gasteiger partial charge in [0.25, 0.3) is 0 Å². The molecule has 0 radical (unpaired) electrons. The number of ether oxygens (including phenoxy) is 1. The van der Waals surface area contributed by atoms with Gasteiger partial charge in [-0.2, -0.15) is 0 Å². The number of methoxy groups -OCH3 is 1. The second-order valence-electron chi connectivity index (χ2n) is 8.97. The third kappa shape index (κ3) is 8.08. The number of rotatable bonds is 13. The fourth-order valence-corrected chi connectivity index (χ4v) is 5.23. The van der Waals surface area contributed by atoms with Crippen LogP contribution >= 0.6 is 0 Å². The van der Waals surface area contributed by atoms with Gasteiger partial charge in [0.2, 0.25) is 21.8 Å². The van der Waals surface area contributed by atoms with Gasteiger partial charge in [0.1, 0.15) is 11.8 Å². The first-order valence-electron chi connectivity index (χ1n) is 12.4. The summed E-state index contributed by atoms with van der Waals surface area (Å²) >= 11 is 0. The van der Waals surface area contributed by atoms with Crippen LogP contribution in [0.15, 0.2) is 84.9 Å². The maximum atomic E-state index is 13.6. The van der Waals surface area contributed by atoms with Gasteiger partial charge in [0.15, 0.2) is 0 Å². The third-order valence-corrected chi connectivity index (χ3v) is 7.40. The maximum absolute atomic E-state index is 13.6. The molecule has 1 atom stereocenters. The molecule has 0 fully saturated rings. The fraction of sp³-hybridized carbons (Fsp3) is 0.310. The number of carbonyl (C=O) groups excluding carboxylic acids is 2. The molecule has 1 N–H and O–H groups in total. The van der Waals surface area contributed by atoms with Crippen molar-refractivity contribution >= 4 is 27.5 Å².